The zero-order valence-electron chi connectivity index (χ0n) is 8.80. The van der Waals surface area contributed by atoms with Crippen LogP contribution in [-0.4, -0.2) is 25.6 Å². The van der Waals surface area contributed by atoms with Crippen LogP contribution in [0.2, 0.25) is 0 Å². The Morgan fingerprint density at radius 2 is 1.29 bits per heavy atom. The molecular formula is C14H38BO2. The van der Waals surface area contributed by atoms with Crippen LogP contribution >= 0.6 is 0 Å². The summed E-state index contributed by atoms with van der Waals surface area (Å²) in [6.07, 6.45) is 9.13. The Balaban J connectivity index is -0.000000120. The molecule has 3 heteroatoms. The van der Waals surface area contributed by atoms with Crippen LogP contribution in [-0.2, 0) is 4.74 Å². The fourth-order valence-electron chi connectivity index (χ4n) is 1.30. The van der Waals surface area contributed by atoms with Crippen LogP contribution in [0.25, 0.3) is 0 Å². The molecule has 0 heterocycles. The maximum Gasteiger partial charge on any atom is 0.315 e. The minimum Gasteiger partial charge on any atom is -0.452 e. The van der Waals surface area contributed by atoms with Gasteiger partial charge in [0, 0.05) is 13.1 Å². The van der Waals surface area contributed by atoms with Gasteiger partial charge in [-0.3, -0.25) is 0 Å². The second-order valence-electron chi connectivity index (χ2n) is 3.38. The predicted octanol–water partition coefficient (Wildman–Crippen LogP) is 4.87. The van der Waals surface area contributed by atoms with Crippen molar-refractivity contribution >= 4 is 7.48 Å². The van der Waals surface area contributed by atoms with Gasteiger partial charge in [-0.15, -0.1) is 0 Å². The molecule has 0 fully saturated rings. The Hall–Kier alpha value is -0.0151. The quantitative estimate of drug-likeness (QED) is 0.442. The van der Waals surface area contributed by atoms with Gasteiger partial charge in [-0.1, -0.05) is 75.2 Å². The minimum atomic E-state index is 0. The van der Waals surface area contributed by atoms with Gasteiger partial charge >= 0.3 is 7.48 Å². The molecule has 1 N–H and O–H groups in total. The van der Waals surface area contributed by atoms with E-state index >= 15 is 0 Å². The van der Waals surface area contributed by atoms with Gasteiger partial charge in [0.25, 0.3) is 0 Å². The lowest BCUT2D eigenvalue weighted by molar-refractivity contribution is 0.165. The van der Waals surface area contributed by atoms with Gasteiger partial charge < -0.3 is 9.76 Å². The predicted molar refractivity (Wildman–Crippen MR) is 83.7 cm³/mol. The monoisotopic (exact) mass is 249 g/mol. The van der Waals surface area contributed by atoms with Crippen LogP contribution in [0, 0.1) is 0 Å². The van der Waals surface area contributed by atoms with Crippen molar-refractivity contribution in [2.75, 3.05) is 13.1 Å². The fourth-order valence-corrected chi connectivity index (χ4v) is 1.30. The Kier molecular flexibility index (Phi) is 52.9. The lowest BCUT2D eigenvalue weighted by Gasteiger charge is -2.01. The third kappa shape index (κ3) is 31.4. The lowest BCUT2D eigenvalue weighted by Crippen LogP contribution is -2.03. The summed E-state index contributed by atoms with van der Waals surface area (Å²) in [4.78, 5) is 0. The highest BCUT2D eigenvalue weighted by atomic mass is 16.5. The zero-order chi connectivity index (χ0) is 9.78. The summed E-state index contributed by atoms with van der Waals surface area (Å²) in [5.74, 6) is 0. The summed E-state index contributed by atoms with van der Waals surface area (Å²) in [7, 11) is 1.06. The molecule has 2 nitrogen and oxygen atoms in total. The Morgan fingerprint density at radius 1 is 0.824 bits per heavy atom. The van der Waals surface area contributed by atoms with Crippen molar-refractivity contribution in [3.05, 3.63) is 0 Å². The van der Waals surface area contributed by atoms with E-state index in [1.807, 2.05) is 0 Å². The molecule has 17 heavy (non-hydrogen) atoms. The first-order valence-corrected chi connectivity index (χ1v) is 5.45. The molecule has 0 aromatic heterocycles. The second kappa shape index (κ2) is 29.7. The smallest absolute Gasteiger partial charge is 0.315 e. The highest BCUT2D eigenvalue weighted by Crippen LogP contribution is 2.06. The molecule has 0 saturated carbocycles. The molecule has 0 bridgehead atoms. The van der Waals surface area contributed by atoms with Crippen LogP contribution in [0.1, 0.15) is 81.6 Å². The molecule has 0 saturated heterocycles. The number of hydrogen-bond donors (Lipinski definition) is 1. The zero-order valence-corrected chi connectivity index (χ0v) is 8.80. The molecule has 0 aromatic rings. The van der Waals surface area contributed by atoms with Crippen molar-refractivity contribution in [1.29, 1.82) is 0 Å². The van der Waals surface area contributed by atoms with E-state index in [1.54, 1.807) is 0 Å². The maximum atomic E-state index is 8.32. The number of rotatable bonds is 10. The van der Waals surface area contributed by atoms with Gasteiger partial charge in [-0.05, 0) is 6.42 Å². The second-order valence-corrected chi connectivity index (χ2v) is 3.38. The summed E-state index contributed by atoms with van der Waals surface area (Å²) in [5, 5.41) is 8.32. The molecule has 0 unspecified atom stereocenters. The van der Waals surface area contributed by atoms with Gasteiger partial charge in [0.05, 0.1) is 0 Å². The third-order valence-electron chi connectivity index (χ3n) is 2.08. The molecular weight excluding hydrogens is 211 g/mol. The average Bonchev–Trinajstić information content (AvgIpc) is 2.16. The molecule has 0 aliphatic carbocycles. The molecule has 0 atom stereocenters. The molecule has 109 valence electrons. The topological polar surface area (TPSA) is 29.5 Å². The van der Waals surface area contributed by atoms with E-state index in [2.05, 4.69) is 6.92 Å². The van der Waals surface area contributed by atoms with E-state index in [0.29, 0.717) is 6.51 Å². The first-order valence-electron chi connectivity index (χ1n) is 5.45. The standard InChI is InChI=1S/C10H22BO2.4CH4/c1-2-3-4-5-6-7-8-9-13-10-11-12;;;;/h12H,2-10H2,1H3;4*1H4. The third-order valence-corrected chi connectivity index (χ3v) is 2.08. The van der Waals surface area contributed by atoms with E-state index in [1.165, 1.54) is 38.5 Å². The van der Waals surface area contributed by atoms with Gasteiger partial charge in [-0.25, -0.2) is 0 Å². The lowest BCUT2D eigenvalue weighted by atomic mass is 10.1. The minimum absolute atomic E-state index is 0. The molecule has 1 radical (unpaired) electrons. The van der Waals surface area contributed by atoms with Crippen LogP contribution in [0.5, 0.6) is 0 Å². The highest BCUT2D eigenvalue weighted by molar-refractivity contribution is 6.24. The Labute approximate surface area is 112 Å². The summed E-state index contributed by atoms with van der Waals surface area (Å²) < 4.78 is 5.10. The Bertz CT molecular complexity index is 80.3. The Morgan fingerprint density at radius 3 is 1.76 bits per heavy atom. The van der Waals surface area contributed by atoms with Gasteiger partial charge in [0.2, 0.25) is 0 Å². The van der Waals surface area contributed by atoms with Crippen LogP contribution in [0.4, 0.5) is 0 Å². The molecule has 0 aliphatic rings. The van der Waals surface area contributed by atoms with E-state index in [-0.39, 0.29) is 29.7 Å². The van der Waals surface area contributed by atoms with Crippen molar-refractivity contribution in [1.82, 2.24) is 0 Å². The fraction of sp³-hybridized carbons (Fsp3) is 1.00. The first-order chi connectivity index (χ1) is 6.41. The maximum absolute atomic E-state index is 8.32. The molecule has 0 spiro atoms. The van der Waals surface area contributed by atoms with Crippen LogP contribution in [0.15, 0.2) is 0 Å². The summed E-state index contributed by atoms with van der Waals surface area (Å²) in [5.41, 5.74) is 0. The normalized spacial score (nSPS) is 7.88. The SMILES string of the molecule is C.C.C.C.CCCCCCCCCOC[B]O. The largest absolute Gasteiger partial charge is 0.452 e. The van der Waals surface area contributed by atoms with Crippen LogP contribution in [0.3, 0.4) is 0 Å². The van der Waals surface area contributed by atoms with E-state index in [0.717, 1.165) is 20.5 Å². The molecule has 0 rings (SSSR count). The highest BCUT2D eigenvalue weighted by Gasteiger charge is 1.91. The number of hydrogen-bond acceptors (Lipinski definition) is 2. The van der Waals surface area contributed by atoms with Crippen molar-refractivity contribution in [2.45, 2.75) is 81.6 Å². The van der Waals surface area contributed by atoms with Crippen LogP contribution < -0.4 is 0 Å². The first kappa shape index (κ1) is 30.2. The summed E-state index contributed by atoms with van der Waals surface area (Å²) >= 11 is 0. The van der Waals surface area contributed by atoms with Crippen molar-refractivity contribution in [3.8, 4) is 0 Å². The van der Waals surface area contributed by atoms with Crippen molar-refractivity contribution in [3.63, 3.8) is 0 Å². The van der Waals surface area contributed by atoms with Crippen molar-refractivity contribution in [2.24, 2.45) is 0 Å². The molecule has 0 aromatic carbocycles. The van der Waals surface area contributed by atoms with Crippen molar-refractivity contribution < 1.29 is 9.76 Å². The van der Waals surface area contributed by atoms with E-state index in [9.17, 15) is 0 Å². The number of ether oxygens (including phenoxy) is 1. The van der Waals surface area contributed by atoms with Gasteiger partial charge in [0.15, 0.2) is 0 Å². The summed E-state index contributed by atoms with van der Waals surface area (Å²) in [6, 6.07) is 0. The average molecular weight is 249 g/mol. The number of unbranched alkanes of at least 4 members (excludes halogenated alkanes) is 6. The molecule has 0 aliphatic heterocycles. The summed E-state index contributed by atoms with van der Waals surface area (Å²) in [6.45, 7) is 3.39. The van der Waals surface area contributed by atoms with E-state index < -0.39 is 0 Å². The van der Waals surface area contributed by atoms with Gasteiger partial charge in [-0.2, -0.15) is 0 Å². The van der Waals surface area contributed by atoms with E-state index in [4.69, 9.17) is 9.76 Å². The van der Waals surface area contributed by atoms with Gasteiger partial charge in [0.1, 0.15) is 0 Å². The molecule has 0 amide bonds.